The van der Waals surface area contributed by atoms with E-state index in [2.05, 4.69) is 10.4 Å². The summed E-state index contributed by atoms with van der Waals surface area (Å²) in [5.41, 5.74) is 2.96. The number of hydrogen-bond donors (Lipinski definition) is 2. The molecule has 1 aliphatic carbocycles. The van der Waals surface area contributed by atoms with Gasteiger partial charge in [0.2, 0.25) is 5.91 Å². The highest BCUT2D eigenvalue weighted by atomic mass is 35.5. The molecule has 3 aromatic rings. The van der Waals surface area contributed by atoms with Crippen LogP contribution in [0.5, 0.6) is 0 Å². The molecule has 1 fully saturated rings. The van der Waals surface area contributed by atoms with Gasteiger partial charge >= 0.3 is 0 Å². The van der Waals surface area contributed by atoms with Gasteiger partial charge in [0.25, 0.3) is 0 Å². The Morgan fingerprint density at radius 1 is 1.29 bits per heavy atom. The Kier molecular flexibility index (Phi) is 5.41. The lowest BCUT2D eigenvalue weighted by atomic mass is 10.1. The predicted octanol–water partition coefficient (Wildman–Crippen LogP) is 3.70. The molecule has 1 unspecified atom stereocenters. The fourth-order valence-corrected chi connectivity index (χ4v) is 3.69. The maximum absolute atomic E-state index is 12.5. The third kappa shape index (κ3) is 4.39. The number of halogens is 1. The van der Waals surface area contributed by atoms with E-state index in [1.165, 1.54) is 0 Å². The van der Waals surface area contributed by atoms with Crippen LogP contribution in [0, 0.1) is 0 Å². The van der Waals surface area contributed by atoms with Gasteiger partial charge < -0.3 is 9.87 Å². The minimum absolute atomic E-state index is 0.143. The van der Waals surface area contributed by atoms with Gasteiger partial charge in [0.05, 0.1) is 30.0 Å². The Bertz CT molecular complexity index is 1020. The molecule has 28 heavy (non-hydrogen) atoms. The van der Waals surface area contributed by atoms with E-state index in [0.29, 0.717) is 21.6 Å². The summed E-state index contributed by atoms with van der Waals surface area (Å²) in [4.78, 5) is 12.9. The number of hydrogen-bond acceptors (Lipinski definition) is 4. The highest BCUT2D eigenvalue weighted by Gasteiger charge is 2.24. The van der Waals surface area contributed by atoms with Crippen molar-refractivity contribution in [3.8, 4) is 11.1 Å². The Balaban J connectivity index is 1.58. The summed E-state index contributed by atoms with van der Waals surface area (Å²) < 4.78 is 13.8. The average molecular weight is 415 g/mol. The van der Waals surface area contributed by atoms with Crippen LogP contribution in [0.1, 0.15) is 24.4 Å². The SMILES string of the molecule is N[S+]([O-])c1cc(NC(=O)Cc2ccccc2Cl)cc(-c2cnn(C3CC3)c2)c1. The molecule has 1 amide bonds. The lowest BCUT2D eigenvalue weighted by Crippen LogP contribution is -2.16. The van der Waals surface area contributed by atoms with Gasteiger partial charge in [-0.1, -0.05) is 29.8 Å². The molecular weight excluding hydrogens is 396 g/mol. The Morgan fingerprint density at radius 2 is 2.07 bits per heavy atom. The molecule has 1 saturated carbocycles. The van der Waals surface area contributed by atoms with Crippen molar-refractivity contribution in [3.05, 3.63) is 65.4 Å². The molecule has 1 aromatic heterocycles. The van der Waals surface area contributed by atoms with Crippen molar-refractivity contribution in [2.24, 2.45) is 5.14 Å². The number of aromatic nitrogens is 2. The number of rotatable bonds is 6. The summed E-state index contributed by atoms with van der Waals surface area (Å²) in [6.07, 6.45) is 6.15. The van der Waals surface area contributed by atoms with Gasteiger partial charge in [-0.15, -0.1) is 5.14 Å². The van der Waals surface area contributed by atoms with Crippen molar-refractivity contribution in [1.29, 1.82) is 0 Å². The van der Waals surface area contributed by atoms with Crippen LogP contribution >= 0.6 is 11.6 Å². The van der Waals surface area contributed by atoms with E-state index in [4.69, 9.17) is 16.7 Å². The summed E-state index contributed by atoms with van der Waals surface area (Å²) in [5.74, 6) is -0.215. The normalized spacial score (nSPS) is 14.7. The molecule has 6 nitrogen and oxygen atoms in total. The molecule has 0 aliphatic heterocycles. The lowest BCUT2D eigenvalue weighted by Gasteiger charge is -2.11. The second-order valence-electron chi connectivity index (χ2n) is 6.80. The first-order valence-corrected chi connectivity index (χ1v) is 10.5. The first-order chi connectivity index (χ1) is 13.5. The van der Waals surface area contributed by atoms with E-state index in [-0.39, 0.29) is 12.3 Å². The number of anilines is 1. The predicted molar refractivity (Wildman–Crippen MR) is 110 cm³/mol. The lowest BCUT2D eigenvalue weighted by molar-refractivity contribution is -0.115. The van der Waals surface area contributed by atoms with E-state index in [0.717, 1.165) is 29.5 Å². The molecule has 1 aliphatic rings. The Hall–Kier alpha value is -2.32. The van der Waals surface area contributed by atoms with Crippen molar-refractivity contribution >= 4 is 34.6 Å². The van der Waals surface area contributed by atoms with Gasteiger partial charge in [-0.3, -0.25) is 9.48 Å². The van der Waals surface area contributed by atoms with Crippen LogP contribution in [-0.2, 0) is 22.6 Å². The van der Waals surface area contributed by atoms with Gasteiger partial charge in [0, 0.05) is 34.6 Å². The molecule has 1 heterocycles. The first kappa shape index (κ1) is 19.0. The second kappa shape index (κ2) is 7.97. The standard InChI is InChI=1S/C20H19ClN4O2S/c21-19-4-2-1-3-13(19)9-20(26)24-16-7-14(8-18(10-16)28(22)27)15-11-23-25(12-15)17-5-6-17/h1-4,7-8,10-12,17H,5-6,9,22H2,(H,24,26). The van der Waals surface area contributed by atoms with E-state index < -0.39 is 11.4 Å². The smallest absolute Gasteiger partial charge is 0.228 e. The number of nitrogens with one attached hydrogen (secondary N) is 1. The number of carbonyl (C=O) groups excluding carboxylic acids is 1. The third-order valence-electron chi connectivity index (χ3n) is 4.59. The van der Waals surface area contributed by atoms with Gasteiger partial charge in [0.1, 0.15) is 0 Å². The number of benzene rings is 2. The van der Waals surface area contributed by atoms with E-state index in [1.54, 1.807) is 24.4 Å². The number of amides is 1. The first-order valence-electron chi connectivity index (χ1n) is 8.88. The second-order valence-corrected chi connectivity index (χ2v) is 8.27. The monoisotopic (exact) mass is 414 g/mol. The molecule has 4 rings (SSSR count). The van der Waals surface area contributed by atoms with Crippen LogP contribution in [0.15, 0.2) is 59.8 Å². The largest absolute Gasteiger partial charge is 0.593 e. The highest BCUT2D eigenvalue weighted by Crippen LogP contribution is 2.35. The van der Waals surface area contributed by atoms with Crippen LogP contribution in [0.2, 0.25) is 5.02 Å². The fraction of sp³-hybridized carbons (Fsp3) is 0.200. The zero-order valence-corrected chi connectivity index (χ0v) is 16.5. The molecule has 8 heteroatoms. The van der Waals surface area contributed by atoms with Gasteiger partial charge in [0.15, 0.2) is 4.90 Å². The molecule has 3 N–H and O–H groups in total. The van der Waals surface area contributed by atoms with Crippen LogP contribution < -0.4 is 10.5 Å². The maximum atomic E-state index is 12.5. The van der Waals surface area contributed by atoms with Crippen LogP contribution in [-0.4, -0.2) is 20.2 Å². The minimum Gasteiger partial charge on any atom is -0.593 e. The topological polar surface area (TPSA) is 96.0 Å². The average Bonchev–Trinajstić information content (AvgIpc) is 3.40. The third-order valence-corrected chi connectivity index (χ3v) is 5.66. The number of nitrogens with zero attached hydrogens (tertiary/aromatic N) is 2. The quantitative estimate of drug-likeness (QED) is 0.601. The zero-order valence-electron chi connectivity index (χ0n) is 15.0. The number of nitrogens with two attached hydrogens (primary N) is 1. The Morgan fingerprint density at radius 3 is 2.79 bits per heavy atom. The summed E-state index contributed by atoms with van der Waals surface area (Å²) in [7, 11) is 0. The summed E-state index contributed by atoms with van der Waals surface area (Å²) >= 11 is 4.46. The molecule has 0 saturated heterocycles. The summed E-state index contributed by atoms with van der Waals surface area (Å²) in [6, 6.07) is 12.9. The highest BCUT2D eigenvalue weighted by molar-refractivity contribution is 7.89. The van der Waals surface area contributed by atoms with Crippen molar-refractivity contribution in [2.75, 3.05) is 5.32 Å². The van der Waals surface area contributed by atoms with Gasteiger partial charge in [-0.2, -0.15) is 5.10 Å². The van der Waals surface area contributed by atoms with Crippen LogP contribution in [0.3, 0.4) is 0 Å². The zero-order chi connectivity index (χ0) is 19.7. The van der Waals surface area contributed by atoms with E-state index in [1.807, 2.05) is 35.1 Å². The Labute approximate surface area is 171 Å². The molecule has 2 aromatic carbocycles. The van der Waals surface area contributed by atoms with E-state index >= 15 is 0 Å². The van der Waals surface area contributed by atoms with Crippen molar-refractivity contribution in [2.45, 2.75) is 30.2 Å². The fourth-order valence-electron chi connectivity index (χ4n) is 3.00. The molecule has 0 radical (unpaired) electrons. The van der Waals surface area contributed by atoms with Crippen LogP contribution in [0.25, 0.3) is 11.1 Å². The molecule has 0 spiro atoms. The molecule has 144 valence electrons. The summed E-state index contributed by atoms with van der Waals surface area (Å²) in [6.45, 7) is 0. The van der Waals surface area contributed by atoms with Crippen molar-refractivity contribution < 1.29 is 9.35 Å². The molecular formula is C20H19ClN4O2S. The van der Waals surface area contributed by atoms with Crippen LogP contribution in [0.4, 0.5) is 5.69 Å². The molecule has 1 atom stereocenters. The minimum atomic E-state index is -1.67. The van der Waals surface area contributed by atoms with Crippen molar-refractivity contribution in [1.82, 2.24) is 9.78 Å². The summed E-state index contributed by atoms with van der Waals surface area (Å²) in [5, 5.41) is 13.4. The molecule has 0 bridgehead atoms. The number of carbonyl (C=O) groups is 1. The van der Waals surface area contributed by atoms with E-state index in [9.17, 15) is 9.35 Å². The van der Waals surface area contributed by atoms with Crippen molar-refractivity contribution in [3.63, 3.8) is 0 Å². The maximum Gasteiger partial charge on any atom is 0.228 e. The van der Waals surface area contributed by atoms with Gasteiger partial charge in [-0.05, 0) is 36.1 Å². The van der Waals surface area contributed by atoms with Gasteiger partial charge in [-0.25, -0.2) is 0 Å².